The highest BCUT2D eigenvalue weighted by Crippen LogP contribution is 2.20. The van der Waals surface area contributed by atoms with Gasteiger partial charge < -0.3 is 10.1 Å². The molecule has 0 aliphatic carbocycles. The molecule has 1 aromatic carbocycles. The normalized spacial score (nSPS) is 12.3. The van der Waals surface area contributed by atoms with E-state index in [0.717, 1.165) is 12.2 Å². The highest BCUT2D eigenvalue weighted by atomic mass is 16.5. The van der Waals surface area contributed by atoms with Crippen LogP contribution in [0.5, 0.6) is 5.75 Å². The molecule has 1 unspecified atom stereocenters. The third-order valence-electron chi connectivity index (χ3n) is 3.97. The Hall–Kier alpha value is -1.02. The molecule has 2 heteroatoms. The lowest BCUT2D eigenvalue weighted by molar-refractivity contribution is 0.403. The van der Waals surface area contributed by atoms with Gasteiger partial charge in [-0.15, -0.1) is 0 Å². The number of ether oxygens (including phenoxy) is 1. The fourth-order valence-electron chi connectivity index (χ4n) is 2.66. The van der Waals surface area contributed by atoms with Gasteiger partial charge in [0, 0.05) is 6.04 Å². The van der Waals surface area contributed by atoms with Crippen LogP contribution in [0.2, 0.25) is 0 Å². The van der Waals surface area contributed by atoms with E-state index in [-0.39, 0.29) is 0 Å². The Balaban J connectivity index is 2.31. The molecule has 1 rings (SSSR count). The zero-order chi connectivity index (χ0) is 14.6. The van der Waals surface area contributed by atoms with Crippen LogP contribution in [0.3, 0.4) is 0 Å². The quantitative estimate of drug-likeness (QED) is 0.598. The van der Waals surface area contributed by atoms with Crippen molar-refractivity contribution in [2.45, 2.75) is 64.3 Å². The SMILES string of the molecule is CCCCCCCCC(Cc1ccccc1OC)NC. The maximum absolute atomic E-state index is 5.43. The van der Waals surface area contributed by atoms with Gasteiger partial charge >= 0.3 is 0 Å². The van der Waals surface area contributed by atoms with Crippen LogP contribution in [0.25, 0.3) is 0 Å². The fourth-order valence-corrected chi connectivity index (χ4v) is 2.66. The highest BCUT2D eigenvalue weighted by Gasteiger charge is 2.10. The summed E-state index contributed by atoms with van der Waals surface area (Å²) in [6.45, 7) is 2.27. The summed E-state index contributed by atoms with van der Waals surface area (Å²) in [6.07, 6.45) is 10.5. The molecule has 20 heavy (non-hydrogen) atoms. The van der Waals surface area contributed by atoms with Crippen LogP contribution < -0.4 is 10.1 Å². The van der Waals surface area contributed by atoms with E-state index in [1.165, 1.54) is 50.5 Å². The maximum atomic E-state index is 5.43. The van der Waals surface area contributed by atoms with Gasteiger partial charge in [-0.1, -0.05) is 63.6 Å². The van der Waals surface area contributed by atoms with E-state index in [2.05, 4.69) is 31.4 Å². The van der Waals surface area contributed by atoms with E-state index in [1.54, 1.807) is 7.11 Å². The number of likely N-dealkylation sites (N-methyl/N-ethyl adjacent to an activating group) is 1. The maximum Gasteiger partial charge on any atom is 0.122 e. The van der Waals surface area contributed by atoms with Crippen LogP contribution in [0.15, 0.2) is 24.3 Å². The third-order valence-corrected chi connectivity index (χ3v) is 3.97. The summed E-state index contributed by atoms with van der Waals surface area (Å²) in [5, 5.41) is 3.45. The molecule has 0 aromatic heterocycles. The molecule has 0 saturated heterocycles. The molecule has 1 N–H and O–H groups in total. The number of hydrogen-bond donors (Lipinski definition) is 1. The summed E-state index contributed by atoms with van der Waals surface area (Å²) in [5.74, 6) is 1.01. The lowest BCUT2D eigenvalue weighted by Gasteiger charge is -2.17. The summed E-state index contributed by atoms with van der Waals surface area (Å²) in [5.41, 5.74) is 1.31. The fraction of sp³-hybridized carbons (Fsp3) is 0.667. The molecule has 1 aromatic rings. The van der Waals surface area contributed by atoms with E-state index in [1.807, 2.05) is 12.1 Å². The molecule has 2 nitrogen and oxygen atoms in total. The minimum absolute atomic E-state index is 0.553. The Morgan fingerprint density at radius 3 is 2.45 bits per heavy atom. The lowest BCUT2D eigenvalue weighted by Crippen LogP contribution is -2.27. The van der Waals surface area contributed by atoms with Gasteiger partial charge in [0.1, 0.15) is 5.75 Å². The average molecular weight is 277 g/mol. The summed E-state index contributed by atoms with van der Waals surface area (Å²) < 4.78 is 5.43. The standard InChI is InChI=1S/C18H31NO/c1-4-5-6-7-8-9-13-17(19-2)15-16-12-10-11-14-18(16)20-3/h10-12,14,17,19H,4-9,13,15H2,1-3H3. The Bertz CT molecular complexity index is 351. The zero-order valence-electron chi connectivity index (χ0n) is 13.5. The number of hydrogen-bond acceptors (Lipinski definition) is 2. The van der Waals surface area contributed by atoms with Crippen LogP contribution in [0.1, 0.15) is 57.4 Å². The van der Waals surface area contributed by atoms with Crippen molar-refractivity contribution < 1.29 is 4.74 Å². The van der Waals surface area contributed by atoms with Gasteiger partial charge in [-0.2, -0.15) is 0 Å². The summed E-state index contributed by atoms with van der Waals surface area (Å²) in [4.78, 5) is 0. The Morgan fingerprint density at radius 2 is 1.75 bits per heavy atom. The van der Waals surface area contributed by atoms with Crippen LogP contribution in [-0.4, -0.2) is 20.2 Å². The lowest BCUT2D eigenvalue weighted by atomic mass is 9.99. The molecule has 0 spiro atoms. The molecule has 0 saturated carbocycles. The van der Waals surface area contributed by atoms with Gasteiger partial charge in [0.25, 0.3) is 0 Å². The van der Waals surface area contributed by atoms with Gasteiger partial charge in [-0.3, -0.25) is 0 Å². The van der Waals surface area contributed by atoms with Crippen LogP contribution in [-0.2, 0) is 6.42 Å². The Kier molecular flexibility index (Phi) is 9.14. The zero-order valence-corrected chi connectivity index (χ0v) is 13.5. The molecule has 0 fully saturated rings. The second-order valence-electron chi connectivity index (χ2n) is 5.56. The van der Waals surface area contributed by atoms with Crippen molar-refractivity contribution in [2.24, 2.45) is 0 Å². The molecule has 0 radical (unpaired) electrons. The number of para-hydroxylation sites is 1. The van der Waals surface area contributed by atoms with Crippen molar-refractivity contribution in [1.82, 2.24) is 5.32 Å². The number of methoxy groups -OCH3 is 1. The van der Waals surface area contributed by atoms with E-state index >= 15 is 0 Å². The van der Waals surface area contributed by atoms with Gasteiger partial charge in [-0.05, 0) is 31.5 Å². The van der Waals surface area contributed by atoms with E-state index in [9.17, 15) is 0 Å². The second-order valence-corrected chi connectivity index (χ2v) is 5.56. The molecule has 0 heterocycles. The second kappa shape index (κ2) is 10.7. The first-order valence-corrected chi connectivity index (χ1v) is 8.11. The Labute approximate surface area is 124 Å². The van der Waals surface area contributed by atoms with Gasteiger partial charge in [0.05, 0.1) is 7.11 Å². The van der Waals surface area contributed by atoms with Gasteiger partial charge in [0.2, 0.25) is 0 Å². The van der Waals surface area contributed by atoms with Crippen molar-refractivity contribution in [3.8, 4) is 5.75 Å². The van der Waals surface area contributed by atoms with E-state index in [4.69, 9.17) is 4.74 Å². The van der Waals surface area contributed by atoms with Crippen molar-refractivity contribution in [2.75, 3.05) is 14.2 Å². The largest absolute Gasteiger partial charge is 0.496 e. The smallest absolute Gasteiger partial charge is 0.122 e. The first-order chi connectivity index (χ1) is 9.81. The molecule has 0 amide bonds. The first-order valence-electron chi connectivity index (χ1n) is 8.11. The molecular weight excluding hydrogens is 246 g/mol. The number of nitrogens with one attached hydrogen (secondary N) is 1. The first kappa shape index (κ1) is 17.0. The monoisotopic (exact) mass is 277 g/mol. The number of unbranched alkanes of at least 4 members (excludes halogenated alkanes) is 5. The summed E-state index contributed by atoms with van der Waals surface area (Å²) in [6, 6.07) is 8.90. The van der Waals surface area contributed by atoms with Crippen LogP contribution in [0, 0.1) is 0 Å². The van der Waals surface area contributed by atoms with Crippen molar-refractivity contribution >= 4 is 0 Å². The highest BCUT2D eigenvalue weighted by molar-refractivity contribution is 5.33. The van der Waals surface area contributed by atoms with Crippen molar-refractivity contribution in [3.05, 3.63) is 29.8 Å². The molecule has 1 atom stereocenters. The van der Waals surface area contributed by atoms with E-state index in [0.29, 0.717) is 6.04 Å². The minimum atomic E-state index is 0.553. The van der Waals surface area contributed by atoms with Crippen LogP contribution in [0.4, 0.5) is 0 Å². The van der Waals surface area contributed by atoms with Gasteiger partial charge in [-0.25, -0.2) is 0 Å². The molecule has 0 bridgehead atoms. The predicted molar refractivity (Wildman–Crippen MR) is 87.5 cm³/mol. The third kappa shape index (κ3) is 6.42. The predicted octanol–water partition coefficient (Wildman–Crippen LogP) is 4.58. The molecule has 0 aliphatic heterocycles. The minimum Gasteiger partial charge on any atom is -0.496 e. The number of rotatable bonds is 11. The summed E-state index contributed by atoms with van der Waals surface area (Å²) >= 11 is 0. The van der Waals surface area contributed by atoms with Gasteiger partial charge in [0.15, 0.2) is 0 Å². The van der Waals surface area contributed by atoms with Crippen molar-refractivity contribution in [3.63, 3.8) is 0 Å². The average Bonchev–Trinajstić information content (AvgIpc) is 2.50. The molecule has 114 valence electrons. The van der Waals surface area contributed by atoms with Crippen LogP contribution >= 0.6 is 0 Å². The van der Waals surface area contributed by atoms with Crippen molar-refractivity contribution in [1.29, 1.82) is 0 Å². The number of benzene rings is 1. The molecular formula is C18H31NO. The topological polar surface area (TPSA) is 21.3 Å². The summed E-state index contributed by atoms with van der Waals surface area (Å²) in [7, 11) is 3.82. The molecule has 0 aliphatic rings. The van der Waals surface area contributed by atoms with E-state index < -0.39 is 0 Å². The Morgan fingerprint density at radius 1 is 1.05 bits per heavy atom.